The van der Waals surface area contributed by atoms with Crippen LogP contribution in [-0.2, 0) is 0 Å². The molecule has 0 aromatic carbocycles. The van der Waals surface area contributed by atoms with Crippen molar-refractivity contribution in [1.82, 2.24) is 9.88 Å². The number of carbonyl (C=O) groups is 1. The van der Waals surface area contributed by atoms with Gasteiger partial charge < -0.3 is 10.6 Å². The maximum absolute atomic E-state index is 12.5. The van der Waals surface area contributed by atoms with E-state index in [1.165, 1.54) is 0 Å². The maximum atomic E-state index is 12.5. The summed E-state index contributed by atoms with van der Waals surface area (Å²) in [6.07, 6.45) is 4.83. The predicted octanol–water partition coefficient (Wildman–Crippen LogP) is 3.08. The van der Waals surface area contributed by atoms with Gasteiger partial charge in [0.05, 0.1) is 5.56 Å². The van der Waals surface area contributed by atoms with Gasteiger partial charge in [-0.25, -0.2) is 4.98 Å². The molecule has 2 rings (SSSR count). The number of nitrogens with two attached hydrogens (primary N) is 1. The van der Waals surface area contributed by atoms with E-state index in [1.807, 2.05) is 4.90 Å². The lowest BCUT2D eigenvalue weighted by molar-refractivity contribution is 0.0758. The van der Waals surface area contributed by atoms with E-state index >= 15 is 0 Å². The molecule has 1 saturated heterocycles. The molecule has 1 amide bonds. The Morgan fingerprint density at radius 3 is 2.89 bits per heavy atom. The van der Waals surface area contributed by atoms with Gasteiger partial charge >= 0.3 is 0 Å². The average Bonchev–Trinajstić information content (AvgIpc) is 2.52. The molecule has 2 N–H and O–H groups in total. The Morgan fingerprint density at radius 2 is 2.16 bits per heavy atom. The second-order valence-corrected chi connectivity index (χ2v) is 6.81. The molecule has 5 heteroatoms. The van der Waals surface area contributed by atoms with Gasteiger partial charge in [0.1, 0.15) is 5.82 Å². The molecule has 4 nitrogen and oxygen atoms in total. The topological polar surface area (TPSA) is 59.2 Å². The minimum Gasteiger partial charge on any atom is -0.383 e. The van der Waals surface area contributed by atoms with Crippen LogP contribution in [0.2, 0.25) is 0 Å². The molecule has 1 aromatic heterocycles. The van der Waals surface area contributed by atoms with Crippen molar-refractivity contribution >= 4 is 27.7 Å². The Balaban J connectivity index is 2.17. The van der Waals surface area contributed by atoms with Gasteiger partial charge in [0.2, 0.25) is 0 Å². The molecule has 0 spiro atoms. The number of aromatic nitrogens is 1. The molecule has 0 aliphatic carbocycles. The van der Waals surface area contributed by atoms with Gasteiger partial charge in [-0.15, -0.1) is 0 Å². The fourth-order valence-electron chi connectivity index (χ4n) is 2.42. The first kappa shape index (κ1) is 14.3. The highest BCUT2D eigenvalue weighted by Crippen LogP contribution is 2.30. The first-order chi connectivity index (χ1) is 8.89. The van der Waals surface area contributed by atoms with Crippen molar-refractivity contribution in [2.24, 2.45) is 5.41 Å². The molecule has 1 aromatic rings. The minimum absolute atomic E-state index is 0.0102. The highest BCUT2D eigenvalue weighted by Gasteiger charge is 2.26. The number of hydrogen-bond acceptors (Lipinski definition) is 3. The van der Waals surface area contributed by atoms with Crippen LogP contribution in [0.3, 0.4) is 0 Å². The number of nitrogen functional groups attached to an aromatic ring is 1. The van der Waals surface area contributed by atoms with Crippen molar-refractivity contribution in [3.63, 3.8) is 0 Å². The summed E-state index contributed by atoms with van der Waals surface area (Å²) in [4.78, 5) is 18.4. The second kappa shape index (κ2) is 5.49. The Kier molecular flexibility index (Phi) is 4.13. The zero-order chi connectivity index (χ0) is 14.0. The van der Waals surface area contributed by atoms with Gasteiger partial charge in [-0.3, -0.25) is 4.79 Å². The summed E-state index contributed by atoms with van der Waals surface area (Å²) >= 11 is 3.33. The van der Waals surface area contributed by atoms with E-state index in [1.54, 1.807) is 12.3 Å². The van der Waals surface area contributed by atoms with Crippen molar-refractivity contribution in [2.45, 2.75) is 33.1 Å². The first-order valence-corrected chi connectivity index (χ1v) is 7.39. The van der Waals surface area contributed by atoms with E-state index in [-0.39, 0.29) is 5.91 Å². The van der Waals surface area contributed by atoms with Gasteiger partial charge in [0.25, 0.3) is 5.91 Å². The average molecular weight is 326 g/mol. The van der Waals surface area contributed by atoms with Gasteiger partial charge in [-0.05, 0) is 46.7 Å². The maximum Gasteiger partial charge on any atom is 0.257 e. The van der Waals surface area contributed by atoms with Crippen LogP contribution in [0.4, 0.5) is 5.82 Å². The molecule has 2 heterocycles. The Labute approximate surface area is 122 Å². The van der Waals surface area contributed by atoms with Crippen LogP contribution in [0.1, 0.15) is 43.5 Å². The van der Waals surface area contributed by atoms with Crippen molar-refractivity contribution < 1.29 is 4.79 Å². The normalized spacial score (nSPS) is 19.0. The van der Waals surface area contributed by atoms with Crippen molar-refractivity contribution in [1.29, 1.82) is 0 Å². The highest BCUT2D eigenvalue weighted by atomic mass is 79.9. The smallest absolute Gasteiger partial charge is 0.257 e. The van der Waals surface area contributed by atoms with Gasteiger partial charge in [-0.2, -0.15) is 0 Å². The summed E-state index contributed by atoms with van der Waals surface area (Å²) in [5.41, 5.74) is 6.62. The number of anilines is 1. The number of hydrogen-bond donors (Lipinski definition) is 1. The van der Waals surface area contributed by atoms with Crippen LogP contribution in [0.5, 0.6) is 0 Å². The van der Waals surface area contributed by atoms with E-state index in [0.29, 0.717) is 16.8 Å². The molecule has 1 aliphatic rings. The molecular formula is C14H20BrN3O. The van der Waals surface area contributed by atoms with E-state index in [9.17, 15) is 4.79 Å². The third-order valence-electron chi connectivity index (χ3n) is 3.74. The molecule has 0 unspecified atom stereocenters. The Hall–Kier alpha value is -1.10. The molecule has 0 atom stereocenters. The fourth-order valence-corrected chi connectivity index (χ4v) is 2.75. The second-order valence-electron chi connectivity index (χ2n) is 5.90. The number of carbonyl (C=O) groups excluding carboxylic acids is 1. The lowest BCUT2D eigenvalue weighted by Crippen LogP contribution is -2.33. The van der Waals surface area contributed by atoms with Crippen LogP contribution in [0.25, 0.3) is 0 Å². The largest absolute Gasteiger partial charge is 0.383 e. The quantitative estimate of drug-likeness (QED) is 0.863. The number of nitrogens with zero attached hydrogens (tertiary/aromatic N) is 2. The van der Waals surface area contributed by atoms with Crippen molar-refractivity contribution in [3.05, 3.63) is 22.3 Å². The summed E-state index contributed by atoms with van der Waals surface area (Å²) in [5, 5.41) is 0. The zero-order valence-electron chi connectivity index (χ0n) is 11.4. The van der Waals surface area contributed by atoms with Crippen LogP contribution in [0, 0.1) is 5.41 Å². The summed E-state index contributed by atoms with van der Waals surface area (Å²) < 4.78 is 0.778. The molecule has 0 radical (unpaired) electrons. The van der Waals surface area contributed by atoms with Gasteiger partial charge in [0, 0.05) is 23.8 Å². The number of pyridine rings is 1. The van der Waals surface area contributed by atoms with Crippen LogP contribution < -0.4 is 5.73 Å². The molecule has 104 valence electrons. The predicted molar refractivity (Wildman–Crippen MR) is 79.9 cm³/mol. The number of amides is 1. The summed E-state index contributed by atoms with van der Waals surface area (Å²) in [7, 11) is 0. The van der Waals surface area contributed by atoms with Crippen LogP contribution in [-0.4, -0.2) is 28.9 Å². The zero-order valence-corrected chi connectivity index (χ0v) is 13.0. The van der Waals surface area contributed by atoms with Crippen molar-refractivity contribution in [2.75, 3.05) is 18.8 Å². The molecule has 1 aliphatic heterocycles. The summed E-state index contributed by atoms with van der Waals surface area (Å²) in [6.45, 7) is 6.11. The van der Waals surface area contributed by atoms with Crippen LogP contribution in [0.15, 0.2) is 16.7 Å². The molecule has 1 fully saturated rings. The SMILES string of the molecule is CC1(C)CCCN(C(=O)c2cc(Br)cnc2N)CC1. The number of halogens is 1. The number of rotatable bonds is 1. The monoisotopic (exact) mass is 325 g/mol. The third-order valence-corrected chi connectivity index (χ3v) is 4.18. The first-order valence-electron chi connectivity index (χ1n) is 6.59. The van der Waals surface area contributed by atoms with Gasteiger partial charge in [0.15, 0.2) is 0 Å². The number of likely N-dealkylation sites (tertiary alicyclic amines) is 1. The summed E-state index contributed by atoms with van der Waals surface area (Å²) in [5.74, 6) is 0.292. The van der Waals surface area contributed by atoms with Crippen LogP contribution >= 0.6 is 15.9 Å². The minimum atomic E-state index is -0.0102. The summed E-state index contributed by atoms with van der Waals surface area (Å²) in [6, 6.07) is 1.75. The standard InChI is InChI=1S/C14H20BrN3O/c1-14(2)4-3-6-18(7-5-14)13(19)11-8-10(15)9-17-12(11)16/h8-9H,3-7H2,1-2H3,(H2,16,17). The molecule has 0 bridgehead atoms. The lowest BCUT2D eigenvalue weighted by atomic mass is 9.85. The third kappa shape index (κ3) is 3.47. The Morgan fingerprint density at radius 1 is 1.42 bits per heavy atom. The highest BCUT2D eigenvalue weighted by molar-refractivity contribution is 9.10. The van der Waals surface area contributed by atoms with E-state index in [4.69, 9.17) is 5.73 Å². The molecule has 0 saturated carbocycles. The van der Waals surface area contributed by atoms with E-state index < -0.39 is 0 Å². The van der Waals surface area contributed by atoms with Crippen molar-refractivity contribution in [3.8, 4) is 0 Å². The molecular weight excluding hydrogens is 306 g/mol. The Bertz CT molecular complexity index is 488. The lowest BCUT2D eigenvalue weighted by Gasteiger charge is -2.23. The van der Waals surface area contributed by atoms with E-state index in [0.717, 1.165) is 36.8 Å². The van der Waals surface area contributed by atoms with E-state index in [2.05, 4.69) is 34.8 Å². The molecule has 19 heavy (non-hydrogen) atoms. The van der Waals surface area contributed by atoms with Gasteiger partial charge in [-0.1, -0.05) is 13.8 Å². The fraction of sp³-hybridized carbons (Fsp3) is 0.571.